The van der Waals surface area contributed by atoms with E-state index in [1.165, 1.54) is 12.5 Å². The third-order valence-electron chi connectivity index (χ3n) is 9.03. The van der Waals surface area contributed by atoms with Gasteiger partial charge in [-0.15, -0.1) is 6.42 Å². The molecule has 0 radical (unpaired) electrons. The monoisotopic (exact) mass is 558 g/mol. The number of hydrogen-bond acceptors (Lipinski definition) is 7. The number of fused-ring (bicyclic) bond motifs is 4. The van der Waals surface area contributed by atoms with Crippen LogP contribution < -0.4 is 0 Å². The number of carbonyl (C=O) groups excluding carboxylic acids is 1. The molecule has 0 unspecified atom stereocenters. The lowest BCUT2D eigenvalue weighted by molar-refractivity contribution is 0.0535. The number of benzene rings is 1. The Morgan fingerprint density at radius 1 is 1.12 bits per heavy atom. The molecule has 10 heteroatoms. The van der Waals surface area contributed by atoms with Crippen LogP contribution in [0.3, 0.4) is 0 Å². The molecule has 7 rings (SSSR count). The van der Waals surface area contributed by atoms with Crippen LogP contribution in [0.2, 0.25) is 0 Å². The van der Waals surface area contributed by atoms with E-state index in [1.54, 1.807) is 12.7 Å². The molecule has 2 aliphatic carbocycles. The number of hydrogen-bond donors (Lipinski definition) is 0. The predicted octanol–water partition coefficient (Wildman–Crippen LogP) is 5.02. The summed E-state index contributed by atoms with van der Waals surface area (Å²) in [5.74, 6) is 3.47. The fourth-order valence-corrected chi connectivity index (χ4v) is 7.04. The van der Waals surface area contributed by atoms with Gasteiger partial charge in [0.15, 0.2) is 5.82 Å². The highest BCUT2D eigenvalue weighted by molar-refractivity contribution is 6.05. The maximum atomic E-state index is 13.3. The summed E-state index contributed by atoms with van der Waals surface area (Å²) >= 11 is 0. The Balaban J connectivity index is 1.43. The molecule has 2 fully saturated rings. The average Bonchev–Trinajstić information content (AvgIpc) is 3.81. The maximum Gasteiger partial charge on any atom is 0.309 e. The lowest BCUT2D eigenvalue weighted by Gasteiger charge is -2.36. The topological polar surface area (TPSA) is 106 Å². The van der Waals surface area contributed by atoms with E-state index in [0.717, 1.165) is 70.9 Å². The van der Waals surface area contributed by atoms with Crippen LogP contribution in [-0.4, -0.2) is 73.2 Å². The lowest BCUT2D eigenvalue weighted by atomic mass is 9.90. The van der Waals surface area contributed by atoms with Gasteiger partial charge in [0.2, 0.25) is 0 Å². The SMILES string of the molecule is C#Cc1c(-c2cnc3ccccc3c2)c2c(/N=C/N(C)C)ncnc2n1C12CCC(N(C)C(=O)c3ncco3)(CC1)C2. The second-order valence-corrected chi connectivity index (χ2v) is 11.6. The van der Waals surface area contributed by atoms with Crippen molar-refractivity contribution >= 4 is 40.0 Å². The fraction of sp³-hybridized carbons (Fsp3) is 0.312. The summed E-state index contributed by atoms with van der Waals surface area (Å²) in [6, 6.07) is 10.1. The Bertz CT molecular complexity index is 1910. The second kappa shape index (κ2) is 9.52. The van der Waals surface area contributed by atoms with Gasteiger partial charge >= 0.3 is 5.91 Å². The third kappa shape index (κ3) is 3.80. The zero-order valence-electron chi connectivity index (χ0n) is 23.8. The number of pyridine rings is 1. The molecule has 10 nitrogen and oxygen atoms in total. The van der Waals surface area contributed by atoms with Gasteiger partial charge < -0.3 is 18.8 Å². The van der Waals surface area contributed by atoms with Crippen LogP contribution in [0.5, 0.6) is 0 Å². The number of rotatable bonds is 6. The molecule has 4 aromatic heterocycles. The lowest BCUT2D eigenvalue weighted by Crippen LogP contribution is -2.46. The van der Waals surface area contributed by atoms with Gasteiger partial charge in [-0.05, 0) is 44.2 Å². The van der Waals surface area contributed by atoms with Crippen molar-refractivity contribution in [1.29, 1.82) is 0 Å². The van der Waals surface area contributed by atoms with Gasteiger partial charge in [-0.1, -0.05) is 24.1 Å². The summed E-state index contributed by atoms with van der Waals surface area (Å²) in [7, 11) is 5.69. The van der Waals surface area contributed by atoms with Crippen LogP contribution in [0.1, 0.15) is 48.5 Å². The standard InChI is InChI=1S/C32H30N8O2/c1-5-24-25(22-16-21-8-6-7-9-23(21)34-17-22)26-27(37-20-38(2)3)35-19-36-28(26)40(24)32-12-10-31(18-32,11-13-32)39(4)30(41)29-33-14-15-42-29/h1,6-9,14-17,19-20H,10-13,18H2,2-4H3/b37-20+. The van der Waals surface area contributed by atoms with Gasteiger partial charge in [0.25, 0.3) is 5.89 Å². The number of amides is 1. The summed E-state index contributed by atoms with van der Waals surface area (Å²) in [6.07, 6.45) is 18.6. The van der Waals surface area contributed by atoms with E-state index < -0.39 is 0 Å². The molecule has 4 heterocycles. The van der Waals surface area contributed by atoms with E-state index in [-0.39, 0.29) is 22.9 Å². The molecule has 5 aromatic rings. The van der Waals surface area contributed by atoms with E-state index in [0.29, 0.717) is 5.82 Å². The highest BCUT2D eigenvalue weighted by Gasteiger charge is 2.59. The van der Waals surface area contributed by atoms with E-state index in [1.807, 2.05) is 61.4 Å². The first-order valence-corrected chi connectivity index (χ1v) is 14.0. The second-order valence-electron chi connectivity index (χ2n) is 11.6. The quantitative estimate of drug-likeness (QED) is 0.164. The van der Waals surface area contributed by atoms with Crippen molar-refractivity contribution in [3.05, 3.63) is 66.9 Å². The third-order valence-corrected chi connectivity index (χ3v) is 9.03. The zero-order valence-corrected chi connectivity index (χ0v) is 23.8. The van der Waals surface area contributed by atoms with Gasteiger partial charge in [-0.2, -0.15) is 0 Å². The minimum absolute atomic E-state index is 0.106. The van der Waals surface area contributed by atoms with Crippen LogP contribution >= 0.6 is 0 Å². The number of aliphatic imine (C=N–C) groups is 1. The molecule has 2 saturated carbocycles. The number of terminal acetylenes is 1. The first-order valence-electron chi connectivity index (χ1n) is 14.0. The molecule has 0 atom stereocenters. The molecule has 2 aliphatic rings. The van der Waals surface area contributed by atoms with E-state index >= 15 is 0 Å². The fourth-order valence-electron chi connectivity index (χ4n) is 7.04. The van der Waals surface area contributed by atoms with Crippen molar-refractivity contribution in [2.75, 3.05) is 21.1 Å². The largest absolute Gasteiger partial charge is 0.441 e. The Kier molecular flexibility index (Phi) is 5.87. The molecule has 0 aliphatic heterocycles. The molecule has 42 heavy (non-hydrogen) atoms. The highest BCUT2D eigenvalue weighted by Crippen LogP contribution is 2.59. The van der Waals surface area contributed by atoms with E-state index in [2.05, 4.69) is 26.5 Å². The molecular formula is C32H30N8O2. The Morgan fingerprint density at radius 3 is 2.67 bits per heavy atom. The Morgan fingerprint density at radius 2 is 1.93 bits per heavy atom. The van der Waals surface area contributed by atoms with Gasteiger partial charge in [0.05, 0.1) is 23.4 Å². The van der Waals surface area contributed by atoms with Crippen LogP contribution in [0.25, 0.3) is 33.1 Å². The number of nitrogens with zero attached hydrogens (tertiary/aromatic N) is 8. The number of aromatic nitrogens is 5. The Labute approximate surface area is 243 Å². The van der Waals surface area contributed by atoms with Crippen LogP contribution in [0.15, 0.2) is 64.7 Å². The summed E-state index contributed by atoms with van der Waals surface area (Å²) in [5.41, 5.74) is 3.44. The number of para-hydroxylation sites is 1. The molecule has 210 valence electrons. The van der Waals surface area contributed by atoms with Crippen molar-refractivity contribution in [3.63, 3.8) is 0 Å². The minimum atomic E-state index is -0.336. The summed E-state index contributed by atoms with van der Waals surface area (Å²) in [4.78, 5) is 40.0. The zero-order chi connectivity index (χ0) is 29.1. The molecule has 1 aromatic carbocycles. The first kappa shape index (κ1) is 25.9. The molecule has 0 spiro atoms. The van der Waals surface area contributed by atoms with E-state index in [4.69, 9.17) is 25.8 Å². The molecule has 0 N–H and O–H groups in total. The summed E-state index contributed by atoms with van der Waals surface area (Å²) in [5, 5.41) is 1.81. The van der Waals surface area contributed by atoms with E-state index in [9.17, 15) is 4.79 Å². The number of carbonyl (C=O) groups is 1. The van der Waals surface area contributed by atoms with Crippen LogP contribution in [-0.2, 0) is 5.54 Å². The predicted molar refractivity (Wildman–Crippen MR) is 160 cm³/mol. The van der Waals surface area contributed by atoms with Crippen LogP contribution in [0, 0.1) is 12.3 Å². The molecule has 0 saturated heterocycles. The van der Waals surface area contributed by atoms with Gasteiger partial charge in [0.1, 0.15) is 23.9 Å². The van der Waals surface area contributed by atoms with Crippen molar-refractivity contribution in [1.82, 2.24) is 34.3 Å². The van der Waals surface area contributed by atoms with Gasteiger partial charge in [0, 0.05) is 54.9 Å². The van der Waals surface area contributed by atoms with Gasteiger partial charge in [-0.25, -0.2) is 19.9 Å². The molecule has 1 amide bonds. The normalized spacial score (nSPS) is 21.4. The average molecular weight is 559 g/mol. The van der Waals surface area contributed by atoms with Gasteiger partial charge in [-0.3, -0.25) is 9.78 Å². The van der Waals surface area contributed by atoms with Crippen molar-refractivity contribution in [2.24, 2.45) is 4.99 Å². The highest BCUT2D eigenvalue weighted by atomic mass is 16.4. The minimum Gasteiger partial charge on any atom is -0.441 e. The summed E-state index contributed by atoms with van der Waals surface area (Å²) in [6.45, 7) is 0. The smallest absolute Gasteiger partial charge is 0.309 e. The first-order chi connectivity index (χ1) is 20.4. The van der Waals surface area contributed by atoms with Crippen molar-refractivity contribution in [2.45, 2.75) is 43.2 Å². The van der Waals surface area contributed by atoms with Crippen molar-refractivity contribution < 1.29 is 9.21 Å². The molecular weight excluding hydrogens is 528 g/mol. The Hall–Kier alpha value is -5.04. The molecule has 2 bridgehead atoms. The maximum absolute atomic E-state index is 13.3. The van der Waals surface area contributed by atoms with Crippen molar-refractivity contribution in [3.8, 4) is 23.5 Å². The number of oxazole rings is 1. The van der Waals surface area contributed by atoms with Crippen LogP contribution in [0.4, 0.5) is 5.82 Å². The summed E-state index contributed by atoms with van der Waals surface area (Å²) < 4.78 is 7.58.